The second kappa shape index (κ2) is 7.89. The van der Waals surface area contributed by atoms with Crippen LogP contribution in [0.4, 0.5) is 0 Å². The molecule has 0 spiro atoms. The van der Waals surface area contributed by atoms with E-state index in [0.29, 0.717) is 6.04 Å². The fourth-order valence-corrected chi connectivity index (χ4v) is 2.92. The minimum absolute atomic E-state index is 0.481. The summed E-state index contributed by atoms with van der Waals surface area (Å²) in [5, 5.41) is 7.78. The van der Waals surface area contributed by atoms with E-state index in [1.807, 2.05) is 0 Å². The van der Waals surface area contributed by atoms with Gasteiger partial charge in [-0.1, -0.05) is 17.8 Å². The maximum absolute atomic E-state index is 5.37. The molecule has 2 rings (SSSR count). The first-order valence-electron chi connectivity index (χ1n) is 7.13. The zero-order valence-electron chi connectivity index (χ0n) is 11.9. The molecular weight excluding hydrogens is 260 g/mol. The van der Waals surface area contributed by atoms with Gasteiger partial charge in [0.15, 0.2) is 0 Å². The summed E-state index contributed by atoms with van der Waals surface area (Å²) in [6.45, 7) is 10.2. The van der Waals surface area contributed by atoms with Gasteiger partial charge in [-0.25, -0.2) is 0 Å². The van der Waals surface area contributed by atoms with E-state index < -0.39 is 0 Å². The van der Waals surface area contributed by atoms with Crippen molar-refractivity contribution in [2.45, 2.75) is 39.3 Å². The predicted octanol–water partition coefficient (Wildman–Crippen LogP) is 1.30. The van der Waals surface area contributed by atoms with Crippen LogP contribution in [0.2, 0.25) is 0 Å². The van der Waals surface area contributed by atoms with Gasteiger partial charge < -0.3 is 10.1 Å². The maximum Gasteiger partial charge on any atom is 0.0800 e. The molecule has 108 valence electrons. The molecule has 1 unspecified atom stereocenters. The Balaban J connectivity index is 1.72. The van der Waals surface area contributed by atoms with Crippen LogP contribution in [0.25, 0.3) is 0 Å². The fraction of sp³-hybridized carbons (Fsp3) is 0.846. The second-order valence-electron chi connectivity index (χ2n) is 5.09. The van der Waals surface area contributed by atoms with Crippen molar-refractivity contribution < 1.29 is 4.74 Å². The predicted molar refractivity (Wildman–Crippen MR) is 77.5 cm³/mol. The van der Waals surface area contributed by atoms with E-state index in [0.717, 1.165) is 52.2 Å². The third-order valence-corrected chi connectivity index (χ3v) is 4.13. The van der Waals surface area contributed by atoms with Gasteiger partial charge in [-0.05, 0) is 24.9 Å². The molecule has 6 heteroatoms. The molecule has 5 nitrogen and oxygen atoms in total. The lowest BCUT2D eigenvalue weighted by Gasteiger charge is -2.29. The number of ether oxygens (including phenoxy) is 1. The molecule has 2 heterocycles. The number of aromatic nitrogens is 2. The minimum atomic E-state index is 0.481. The van der Waals surface area contributed by atoms with E-state index in [2.05, 4.69) is 33.7 Å². The molecule has 0 radical (unpaired) electrons. The number of nitrogens with one attached hydrogen (secondary N) is 1. The summed E-state index contributed by atoms with van der Waals surface area (Å²) < 4.78 is 9.42. The Bertz CT molecular complexity index is 365. The SMILES string of the molecule is CCCc1nnsc1CNC(C)CN1CCOCC1. The Morgan fingerprint density at radius 3 is 2.95 bits per heavy atom. The molecule has 1 atom stereocenters. The van der Waals surface area contributed by atoms with Crippen molar-refractivity contribution in [3.05, 3.63) is 10.6 Å². The van der Waals surface area contributed by atoms with Crippen molar-refractivity contribution in [1.29, 1.82) is 0 Å². The van der Waals surface area contributed by atoms with Crippen LogP contribution < -0.4 is 5.32 Å². The van der Waals surface area contributed by atoms with Gasteiger partial charge in [0.25, 0.3) is 0 Å². The molecule has 0 amide bonds. The lowest BCUT2D eigenvalue weighted by Crippen LogP contribution is -2.44. The molecule has 1 aromatic heterocycles. The van der Waals surface area contributed by atoms with Gasteiger partial charge in [0.2, 0.25) is 0 Å². The molecule has 0 aromatic carbocycles. The van der Waals surface area contributed by atoms with Crippen LogP contribution in [0, 0.1) is 0 Å². The fourth-order valence-electron chi connectivity index (χ4n) is 2.29. The molecular formula is C13H24N4OS. The Kier molecular flexibility index (Phi) is 6.16. The third-order valence-electron chi connectivity index (χ3n) is 3.37. The molecule has 1 aliphatic heterocycles. The van der Waals surface area contributed by atoms with E-state index >= 15 is 0 Å². The molecule has 0 bridgehead atoms. The smallest absolute Gasteiger partial charge is 0.0800 e. The van der Waals surface area contributed by atoms with E-state index in [-0.39, 0.29) is 0 Å². The van der Waals surface area contributed by atoms with Crippen LogP contribution in [0.3, 0.4) is 0 Å². The number of nitrogens with zero attached hydrogens (tertiary/aromatic N) is 3. The van der Waals surface area contributed by atoms with Crippen molar-refractivity contribution >= 4 is 11.5 Å². The minimum Gasteiger partial charge on any atom is -0.379 e. The van der Waals surface area contributed by atoms with Crippen molar-refractivity contribution in [2.24, 2.45) is 0 Å². The number of hydrogen-bond acceptors (Lipinski definition) is 6. The second-order valence-corrected chi connectivity index (χ2v) is 5.93. The quantitative estimate of drug-likeness (QED) is 0.818. The van der Waals surface area contributed by atoms with Crippen molar-refractivity contribution in [2.75, 3.05) is 32.8 Å². The highest BCUT2D eigenvalue weighted by atomic mass is 32.1. The average molecular weight is 284 g/mol. The van der Waals surface area contributed by atoms with E-state index in [1.165, 1.54) is 22.1 Å². The molecule has 0 saturated carbocycles. The standard InChI is InChI=1S/C13H24N4OS/c1-3-4-12-13(19-16-15-12)9-14-11(2)10-17-5-7-18-8-6-17/h11,14H,3-10H2,1-2H3. The molecule has 1 aliphatic rings. The highest BCUT2D eigenvalue weighted by molar-refractivity contribution is 7.05. The Labute approximate surface area is 119 Å². The third kappa shape index (κ3) is 4.80. The zero-order chi connectivity index (χ0) is 13.5. The van der Waals surface area contributed by atoms with Crippen LogP contribution >= 0.6 is 11.5 Å². The lowest BCUT2D eigenvalue weighted by atomic mass is 10.2. The van der Waals surface area contributed by atoms with Gasteiger partial charge in [-0.3, -0.25) is 4.90 Å². The normalized spacial score (nSPS) is 18.6. The van der Waals surface area contributed by atoms with Gasteiger partial charge in [-0.2, -0.15) is 0 Å². The van der Waals surface area contributed by atoms with Crippen LogP contribution in [-0.4, -0.2) is 53.4 Å². The van der Waals surface area contributed by atoms with Gasteiger partial charge >= 0.3 is 0 Å². The molecule has 1 N–H and O–H groups in total. The highest BCUT2D eigenvalue weighted by Gasteiger charge is 2.14. The van der Waals surface area contributed by atoms with Crippen molar-refractivity contribution in [3.8, 4) is 0 Å². The molecule has 0 aliphatic carbocycles. The number of aryl methyl sites for hydroxylation is 1. The lowest BCUT2D eigenvalue weighted by molar-refractivity contribution is 0.0343. The van der Waals surface area contributed by atoms with E-state index in [4.69, 9.17) is 4.74 Å². The first-order valence-corrected chi connectivity index (χ1v) is 7.90. The summed E-state index contributed by atoms with van der Waals surface area (Å²) in [6.07, 6.45) is 2.16. The van der Waals surface area contributed by atoms with Gasteiger partial charge in [0.05, 0.1) is 23.8 Å². The van der Waals surface area contributed by atoms with E-state index in [1.54, 1.807) is 0 Å². The largest absolute Gasteiger partial charge is 0.379 e. The van der Waals surface area contributed by atoms with E-state index in [9.17, 15) is 0 Å². The number of hydrogen-bond donors (Lipinski definition) is 1. The molecule has 19 heavy (non-hydrogen) atoms. The summed E-state index contributed by atoms with van der Waals surface area (Å²) in [5.74, 6) is 0. The molecule has 1 aromatic rings. The van der Waals surface area contributed by atoms with Crippen LogP contribution in [0.15, 0.2) is 0 Å². The van der Waals surface area contributed by atoms with Gasteiger partial charge in [-0.15, -0.1) is 5.10 Å². The zero-order valence-corrected chi connectivity index (χ0v) is 12.7. The van der Waals surface area contributed by atoms with Crippen molar-refractivity contribution in [1.82, 2.24) is 19.8 Å². The summed E-state index contributed by atoms with van der Waals surface area (Å²) in [5.41, 5.74) is 1.17. The monoisotopic (exact) mass is 284 g/mol. The Morgan fingerprint density at radius 1 is 1.42 bits per heavy atom. The summed E-state index contributed by atoms with van der Waals surface area (Å²) >= 11 is 1.52. The summed E-state index contributed by atoms with van der Waals surface area (Å²) in [4.78, 5) is 3.75. The summed E-state index contributed by atoms with van der Waals surface area (Å²) in [7, 11) is 0. The maximum atomic E-state index is 5.37. The molecule has 1 fully saturated rings. The summed E-state index contributed by atoms with van der Waals surface area (Å²) in [6, 6.07) is 0.481. The van der Waals surface area contributed by atoms with Crippen LogP contribution in [-0.2, 0) is 17.7 Å². The number of rotatable bonds is 7. The van der Waals surface area contributed by atoms with Gasteiger partial charge in [0, 0.05) is 32.2 Å². The Morgan fingerprint density at radius 2 is 2.21 bits per heavy atom. The topological polar surface area (TPSA) is 50.3 Å². The first kappa shape index (κ1) is 14.8. The number of morpholine rings is 1. The van der Waals surface area contributed by atoms with Crippen molar-refractivity contribution in [3.63, 3.8) is 0 Å². The molecule has 1 saturated heterocycles. The average Bonchev–Trinajstić information content (AvgIpc) is 2.85. The van der Waals surface area contributed by atoms with Gasteiger partial charge in [0.1, 0.15) is 0 Å². The van der Waals surface area contributed by atoms with Crippen LogP contribution in [0.5, 0.6) is 0 Å². The Hall–Kier alpha value is -0.560. The highest BCUT2D eigenvalue weighted by Crippen LogP contribution is 2.12. The first-order chi connectivity index (χ1) is 9.29. The van der Waals surface area contributed by atoms with Crippen LogP contribution in [0.1, 0.15) is 30.8 Å².